The van der Waals surface area contributed by atoms with Crippen LogP contribution in [0.15, 0.2) is 12.1 Å². The second-order valence-electron chi connectivity index (χ2n) is 23.0. The molecule has 2 saturated heterocycles. The highest BCUT2D eigenvalue weighted by Crippen LogP contribution is 2.52. The van der Waals surface area contributed by atoms with Crippen LogP contribution in [0.3, 0.4) is 0 Å². The molecule has 1 aromatic rings. The van der Waals surface area contributed by atoms with Crippen molar-refractivity contribution in [3.05, 3.63) is 28.8 Å². The van der Waals surface area contributed by atoms with Gasteiger partial charge in [-0.3, -0.25) is 29.0 Å². The van der Waals surface area contributed by atoms with Crippen LogP contribution >= 0.6 is 0 Å². The van der Waals surface area contributed by atoms with Gasteiger partial charge in [-0.25, -0.2) is 0 Å². The summed E-state index contributed by atoms with van der Waals surface area (Å²) in [6, 6.07) is 3.67. The minimum absolute atomic E-state index is 0.0153. The van der Waals surface area contributed by atoms with Crippen LogP contribution in [-0.4, -0.2) is 95.5 Å². The molecule has 0 atom stereocenters. The maximum absolute atomic E-state index is 13.1. The Kier molecular flexibility index (Phi) is 16.8. The van der Waals surface area contributed by atoms with Crippen molar-refractivity contribution < 1.29 is 44.7 Å². The number of nitrogens with zero attached hydrogens (tertiary/aromatic N) is 2. The van der Waals surface area contributed by atoms with Crippen molar-refractivity contribution in [1.29, 1.82) is 0 Å². The smallest absolute Gasteiger partial charge is 0.321 e. The Morgan fingerprint density at radius 3 is 1.28 bits per heavy atom. The van der Waals surface area contributed by atoms with Gasteiger partial charge < -0.3 is 25.5 Å². The number of phenolic OH excluding ortho intramolecular Hbond substituents is 1. The summed E-state index contributed by atoms with van der Waals surface area (Å²) in [5.74, 6) is -4.84. The lowest BCUT2D eigenvalue weighted by Gasteiger charge is -2.59. The topological polar surface area (TPSA) is 176 Å². The molecule has 344 valence electrons. The molecule has 2 aliphatic heterocycles. The Hall–Kier alpha value is -3.18. The first-order chi connectivity index (χ1) is 27.0. The fourth-order valence-electron chi connectivity index (χ4n) is 10.6. The molecule has 2 aliphatic rings. The molecule has 0 unspecified atom stereocenters. The number of unbranched alkanes of at least 4 members (excludes halogenated alkanes) is 1. The number of hydrogen-bond acceptors (Lipinski definition) is 7. The fourth-order valence-corrected chi connectivity index (χ4v) is 10.6. The van der Waals surface area contributed by atoms with Crippen LogP contribution in [-0.2, 0) is 36.4 Å². The molecule has 0 amide bonds. The quantitative estimate of drug-likeness (QED) is 0.106. The van der Waals surface area contributed by atoms with E-state index in [0.29, 0.717) is 47.3 Å². The molecule has 3 rings (SSSR count). The number of piperidine rings is 2. The molecule has 11 heteroatoms. The van der Waals surface area contributed by atoms with Gasteiger partial charge in [0, 0.05) is 22.2 Å². The fraction of sp³-hybridized carbons (Fsp3) is 0.796. The van der Waals surface area contributed by atoms with Crippen LogP contribution in [0.25, 0.3) is 0 Å². The Bertz CT molecular complexity index is 1540. The molecule has 0 spiro atoms. The number of benzene rings is 1. The highest BCUT2D eigenvalue weighted by Gasteiger charge is 2.52. The number of carboxylic acid groups (broad SMARTS) is 4. The minimum atomic E-state index is -1.97. The first-order valence-corrected chi connectivity index (χ1v) is 22.3. The van der Waals surface area contributed by atoms with Gasteiger partial charge in [-0.15, -0.1) is 0 Å². The van der Waals surface area contributed by atoms with E-state index in [1.54, 1.807) is 0 Å². The van der Waals surface area contributed by atoms with Crippen LogP contribution < -0.4 is 0 Å². The highest BCUT2D eigenvalue weighted by molar-refractivity contribution is 5.98. The molecule has 0 bridgehead atoms. The number of hydrogen-bond donors (Lipinski definition) is 5. The van der Waals surface area contributed by atoms with E-state index in [1.165, 1.54) is 0 Å². The molecule has 2 fully saturated rings. The molecule has 2 heterocycles. The number of carbonyl (C=O) groups is 4. The van der Waals surface area contributed by atoms with Gasteiger partial charge in [0.2, 0.25) is 0 Å². The van der Waals surface area contributed by atoms with Crippen LogP contribution in [0.2, 0.25) is 0 Å². The number of phenols is 1. The van der Waals surface area contributed by atoms with Crippen LogP contribution in [0, 0.1) is 29.1 Å². The summed E-state index contributed by atoms with van der Waals surface area (Å²) in [4.78, 5) is 51.9. The molecular weight excluding hydrogens is 761 g/mol. The van der Waals surface area contributed by atoms with Gasteiger partial charge in [0.25, 0.3) is 0 Å². The SMILES string of the molecule is CCCCC(C(=O)O)C(=O)O.CN1C(C)(C)CC(C(CCCC(Cc2cc(C(C)(C)C)c(O)c(C(C)(C)C)c2)(C(=O)O)C(=O)O)C2CC(C)(C)N(C)C(C)(C)C2)CC1(C)C. The van der Waals surface area contributed by atoms with Gasteiger partial charge in [-0.1, -0.05) is 79.9 Å². The Morgan fingerprint density at radius 1 is 0.650 bits per heavy atom. The molecule has 0 saturated carbocycles. The summed E-state index contributed by atoms with van der Waals surface area (Å²) in [5, 5.41) is 49.5. The first kappa shape index (κ1) is 53.0. The summed E-state index contributed by atoms with van der Waals surface area (Å²) in [5.41, 5.74) is -0.666. The minimum Gasteiger partial charge on any atom is -0.507 e. The monoisotopic (exact) mass is 845 g/mol. The summed E-state index contributed by atoms with van der Waals surface area (Å²) in [6.07, 6.45) is 7.19. The van der Waals surface area contributed by atoms with Gasteiger partial charge in [-0.05, 0) is 166 Å². The lowest BCUT2D eigenvalue weighted by molar-refractivity contribution is -0.165. The number of rotatable bonds is 15. The maximum atomic E-state index is 13.1. The maximum Gasteiger partial charge on any atom is 0.321 e. The Morgan fingerprint density at radius 2 is 1.00 bits per heavy atom. The number of carboxylic acids is 4. The van der Waals surface area contributed by atoms with Crippen molar-refractivity contribution in [2.24, 2.45) is 29.1 Å². The van der Waals surface area contributed by atoms with Gasteiger partial charge in [0.1, 0.15) is 5.75 Å². The molecular formula is C49H84N2O9. The van der Waals surface area contributed by atoms with Crippen molar-refractivity contribution >= 4 is 23.9 Å². The summed E-state index contributed by atoms with van der Waals surface area (Å²) in [7, 11) is 4.47. The molecule has 0 aliphatic carbocycles. The number of likely N-dealkylation sites (tertiary alicyclic amines) is 2. The second-order valence-corrected chi connectivity index (χ2v) is 23.0. The van der Waals surface area contributed by atoms with E-state index < -0.39 is 46.0 Å². The Labute approximate surface area is 362 Å². The van der Waals surface area contributed by atoms with Gasteiger partial charge in [0.15, 0.2) is 11.3 Å². The molecule has 0 radical (unpaired) electrons. The molecule has 11 nitrogen and oxygen atoms in total. The van der Waals surface area contributed by atoms with Gasteiger partial charge in [0.05, 0.1) is 0 Å². The van der Waals surface area contributed by atoms with E-state index >= 15 is 0 Å². The number of aromatic hydroxyl groups is 1. The highest BCUT2D eigenvalue weighted by atomic mass is 16.4. The standard InChI is InChI=1S/C42H72N2O5.C7H12O4/c1-36(2,3)31-20-27(21-32(33(31)45)37(4,5)6)22-42(34(46)47,35(48)49)19-17-18-30(28-23-38(7,8)43(15)39(9,10)24-28)29-25-40(11,12)44(16)41(13,14)26-29;1-2-3-4-5(6(8)9)7(10)11/h20-21,28-30,45H,17-19,22-26H2,1-16H3,(H,46,47)(H,48,49);5H,2-4H2,1H3,(H,8,9)(H,10,11). The van der Waals surface area contributed by atoms with E-state index in [-0.39, 0.29) is 47.2 Å². The third kappa shape index (κ3) is 12.5. The first-order valence-electron chi connectivity index (χ1n) is 22.3. The van der Waals surface area contributed by atoms with Gasteiger partial charge >= 0.3 is 23.9 Å². The molecule has 1 aromatic carbocycles. The number of aliphatic carboxylic acids is 4. The zero-order valence-corrected chi connectivity index (χ0v) is 40.5. The van der Waals surface area contributed by atoms with Crippen molar-refractivity contribution in [1.82, 2.24) is 9.80 Å². The largest absolute Gasteiger partial charge is 0.507 e. The predicted octanol–water partition coefficient (Wildman–Crippen LogP) is 10.2. The van der Waals surface area contributed by atoms with Gasteiger partial charge in [-0.2, -0.15) is 0 Å². The molecule has 60 heavy (non-hydrogen) atoms. The van der Waals surface area contributed by atoms with Crippen LogP contribution in [0.4, 0.5) is 0 Å². The van der Waals surface area contributed by atoms with Crippen molar-refractivity contribution in [2.45, 2.75) is 207 Å². The van der Waals surface area contributed by atoms with E-state index in [9.17, 15) is 34.5 Å². The zero-order chi connectivity index (χ0) is 46.8. The van der Waals surface area contributed by atoms with Crippen molar-refractivity contribution in [2.75, 3.05) is 14.1 Å². The predicted molar refractivity (Wildman–Crippen MR) is 240 cm³/mol. The average Bonchev–Trinajstić information content (AvgIpc) is 3.06. The summed E-state index contributed by atoms with van der Waals surface area (Å²) >= 11 is 0. The summed E-state index contributed by atoms with van der Waals surface area (Å²) in [6.45, 7) is 32.7. The average molecular weight is 845 g/mol. The molecule has 5 N–H and O–H groups in total. The van der Waals surface area contributed by atoms with Crippen molar-refractivity contribution in [3.8, 4) is 5.75 Å². The lowest BCUT2D eigenvalue weighted by atomic mass is 9.60. The Balaban J connectivity index is 0.000000984. The van der Waals surface area contributed by atoms with E-state index in [0.717, 1.165) is 38.5 Å². The van der Waals surface area contributed by atoms with E-state index in [2.05, 4.69) is 79.3 Å². The second kappa shape index (κ2) is 19.1. The van der Waals surface area contributed by atoms with Crippen molar-refractivity contribution in [3.63, 3.8) is 0 Å². The molecule has 0 aromatic heterocycles. The van der Waals surface area contributed by atoms with E-state index in [4.69, 9.17) is 10.2 Å². The third-order valence-electron chi connectivity index (χ3n) is 14.6. The van der Waals surface area contributed by atoms with E-state index in [1.807, 2.05) is 60.6 Å². The van der Waals surface area contributed by atoms with Crippen LogP contribution in [0.1, 0.15) is 185 Å². The zero-order valence-electron chi connectivity index (χ0n) is 40.5. The van der Waals surface area contributed by atoms with Crippen LogP contribution in [0.5, 0.6) is 5.75 Å². The third-order valence-corrected chi connectivity index (χ3v) is 14.6. The summed E-state index contributed by atoms with van der Waals surface area (Å²) < 4.78 is 0. The lowest BCUT2D eigenvalue weighted by Crippen LogP contribution is -2.62. The normalized spacial score (nSPS) is 20.1.